The molecule has 1 aliphatic heterocycles. The second kappa shape index (κ2) is 8.87. The molecule has 2 aromatic rings. The highest BCUT2D eigenvalue weighted by Gasteiger charge is 2.12. The van der Waals surface area contributed by atoms with Gasteiger partial charge in [0.15, 0.2) is 5.11 Å². The summed E-state index contributed by atoms with van der Waals surface area (Å²) in [6.07, 6.45) is 0. The van der Waals surface area contributed by atoms with Gasteiger partial charge in [-0.05, 0) is 49.0 Å². The predicted molar refractivity (Wildman–Crippen MR) is 110 cm³/mol. The van der Waals surface area contributed by atoms with Crippen molar-refractivity contribution in [2.75, 3.05) is 43.6 Å². The molecular weight excluding hydrogens is 346 g/mol. The predicted octanol–water partition coefficient (Wildman–Crippen LogP) is 3.58. The van der Waals surface area contributed by atoms with Crippen molar-refractivity contribution in [2.24, 2.45) is 0 Å². The van der Waals surface area contributed by atoms with Crippen LogP contribution in [0, 0.1) is 0 Å². The van der Waals surface area contributed by atoms with Crippen LogP contribution in [0.2, 0.25) is 0 Å². The van der Waals surface area contributed by atoms with Gasteiger partial charge in [0.05, 0.1) is 26.4 Å². The molecule has 1 saturated heterocycles. The van der Waals surface area contributed by atoms with Crippen LogP contribution in [0.5, 0.6) is 5.75 Å². The first kappa shape index (κ1) is 18.5. The van der Waals surface area contributed by atoms with Gasteiger partial charge in [0.1, 0.15) is 5.75 Å². The zero-order valence-corrected chi connectivity index (χ0v) is 16.0. The van der Waals surface area contributed by atoms with Crippen molar-refractivity contribution in [1.29, 1.82) is 0 Å². The van der Waals surface area contributed by atoms with Crippen LogP contribution in [-0.2, 0) is 4.74 Å². The molecule has 1 heterocycles. The topological polar surface area (TPSA) is 45.8 Å². The van der Waals surface area contributed by atoms with Gasteiger partial charge in [-0.25, -0.2) is 0 Å². The molecule has 3 rings (SSSR count). The molecule has 0 radical (unpaired) electrons. The third kappa shape index (κ3) is 4.86. The van der Waals surface area contributed by atoms with E-state index in [1.165, 1.54) is 11.3 Å². The van der Waals surface area contributed by atoms with Crippen molar-refractivity contribution in [2.45, 2.75) is 13.0 Å². The number of nitrogens with zero attached hydrogens (tertiary/aromatic N) is 1. The quantitative estimate of drug-likeness (QED) is 0.784. The molecular formula is C20H25N3O2S. The van der Waals surface area contributed by atoms with Crippen molar-refractivity contribution in [3.63, 3.8) is 0 Å². The third-order valence-corrected chi connectivity index (χ3v) is 4.66. The number of ether oxygens (including phenoxy) is 2. The summed E-state index contributed by atoms with van der Waals surface area (Å²) >= 11 is 5.43. The van der Waals surface area contributed by atoms with Gasteiger partial charge in [0.2, 0.25) is 0 Å². The first-order valence-electron chi connectivity index (χ1n) is 8.80. The Kier molecular flexibility index (Phi) is 6.30. The number of benzene rings is 2. The molecule has 0 spiro atoms. The van der Waals surface area contributed by atoms with E-state index >= 15 is 0 Å². The van der Waals surface area contributed by atoms with Gasteiger partial charge in [-0.2, -0.15) is 0 Å². The lowest BCUT2D eigenvalue weighted by Gasteiger charge is -2.29. The first-order chi connectivity index (χ1) is 12.7. The monoisotopic (exact) mass is 371 g/mol. The summed E-state index contributed by atoms with van der Waals surface area (Å²) in [7, 11) is 1.65. The molecule has 1 atom stereocenters. The van der Waals surface area contributed by atoms with E-state index in [4.69, 9.17) is 21.7 Å². The number of methoxy groups -OCH3 is 1. The molecule has 5 nitrogen and oxygen atoms in total. The van der Waals surface area contributed by atoms with Crippen molar-refractivity contribution >= 4 is 28.7 Å². The van der Waals surface area contributed by atoms with E-state index in [0.29, 0.717) is 5.11 Å². The average Bonchev–Trinajstić information content (AvgIpc) is 2.69. The van der Waals surface area contributed by atoms with Crippen molar-refractivity contribution in [1.82, 2.24) is 5.32 Å². The normalized spacial score (nSPS) is 15.2. The van der Waals surface area contributed by atoms with Gasteiger partial charge < -0.3 is 25.0 Å². The van der Waals surface area contributed by atoms with Crippen LogP contribution in [-0.4, -0.2) is 38.5 Å². The SMILES string of the molecule is COc1cccc(NC(=S)N[C@H](C)c2ccc(N3CCOCC3)cc2)c1. The van der Waals surface area contributed by atoms with E-state index < -0.39 is 0 Å². The lowest BCUT2D eigenvalue weighted by atomic mass is 10.1. The molecule has 0 unspecified atom stereocenters. The van der Waals surface area contributed by atoms with Gasteiger partial charge >= 0.3 is 0 Å². The third-order valence-electron chi connectivity index (χ3n) is 4.44. The largest absolute Gasteiger partial charge is 0.497 e. The fraction of sp³-hybridized carbons (Fsp3) is 0.350. The zero-order valence-electron chi connectivity index (χ0n) is 15.2. The van der Waals surface area contributed by atoms with Crippen LogP contribution in [0.25, 0.3) is 0 Å². The molecule has 0 saturated carbocycles. The van der Waals surface area contributed by atoms with Crippen LogP contribution >= 0.6 is 12.2 Å². The maximum absolute atomic E-state index is 5.43. The molecule has 0 amide bonds. The fourth-order valence-electron chi connectivity index (χ4n) is 2.94. The zero-order chi connectivity index (χ0) is 18.4. The molecule has 0 bridgehead atoms. The number of hydrogen-bond donors (Lipinski definition) is 2. The Labute approximate surface area is 160 Å². The molecule has 2 N–H and O–H groups in total. The molecule has 1 aliphatic rings. The summed E-state index contributed by atoms with van der Waals surface area (Å²) < 4.78 is 10.6. The molecule has 1 fully saturated rings. The fourth-order valence-corrected chi connectivity index (χ4v) is 3.24. The molecule has 0 aromatic heterocycles. The van der Waals surface area contributed by atoms with E-state index in [9.17, 15) is 0 Å². The van der Waals surface area contributed by atoms with Gasteiger partial charge in [0.25, 0.3) is 0 Å². The maximum Gasteiger partial charge on any atom is 0.171 e. The lowest BCUT2D eigenvalue weighted by molar-refractivity contribution is 0.122. The second-order valence-electron chi connectivity index (χ2n) is 6.24. The average molecular weight is 372 g/mol. The van der Waals surface area contributed by atoms with E-state index in [1.54, 1.807) is 7.11 Å². The molecule has 6 heteroatoms. The highest BCUT2D eigenvalue weighted by molar-refractivity contribution is 7.80. The van der Waals surface area contributed by atoms with Crippen molar-refractivity contribution < 1.29 is 9.47 Å². The Bertz CT molecular complexity index is 730. The Morgan fingerprint density at radius 1 is 1.15 bits per heavy atom. The Morgan fingerprint density at radius 3 is 2.58 bits per heavy atom. The molecule has 26 heavy (non-hydrogen) atoms. The van der Waals surface area contributed by atoms with Crippen LogP contribution < -0.4 is 20.3 Å². The summed E-state index contributed by atoms with van der Waals surface area (Å²) in [4.78, 5) is 2.35. The van der Waals surface area contributed by atoms with Gasteiger partial charge in [-0.15, -0.1) is 0 Å². The van der Waals surface area contributed by atoms with Crippen molar-refractivity contribution in [3.05, 3.63) is 54.1 Å². The summed E-state index contributed by atoms with van der Waals surface area (Å²) in [5, 5.41) is 7.11. The second-order valence-corrected chi connectivity index (χ2v) is 6.65. The Hall–Kier alpha value is -2.31. The van der Waals surface area contributed by atoms with E-state index in [1.807, 2.05) is 24.3 Å². The Balaban J connectivity index is 1.56. The summed E-state index contributed by atoms with van der Waals surface area (Å²) in [5.74, 6) is 0.796. The van der Waals surface area contributed by atoms with Gasteiger partial charge in [0, 0.05) is 30.5 Å². The van der Waals surface area contributed by atoms with Crippen LogP contribution in [0.3, 0.4) is 0 Å². The molecule has 138 valence electrons. The number of anilines is 2. The summed E-state index contributed by atoms with van der Waals surface area (Å²) in [6, 6.07) is 16.4. The number of nitrogens with one attached hydrogen (secondary N) is 2. The van der Waals surface area contributed by atoms with Crippen LogP contribution in [0.15, 0.2) is 48.5 Å². The smallest absolute Gasteiger partial charge is 0.171 e. The minimum absolute atomic E-state index is 0.111. The minimum Gasteiger partial charge on any atom is -0.497 e. The number of thiocarbonyl (C=S) groups is 1. The van der Waals surface area contributed by atoms with E-state index in [0.717, 1.165) is 37.7 Å². The van der Waals surface area contributed by atoms with Crippen LogP contribution in [0.4, 0.5) is 11.4 Å². The maximum atomic E-state index is 5.43. The molecule has 2 aromatic carbocycles. The van der Waals surface area contributed by atoms with Crippen molar-refractivity contribution in [3.8, 4) is 5.75 Å². The standard InChI is InChI=1S/C20H25N3O2S/c1-15(21-20(26)22-17-4-3-5-19(14-17)24-2)16-6-8-18(9-7-16)23-10-12-25-13-11-23/h3-9,14-15H,10-13H2,1-2H3,(H2,21,22,26)/t15-/m1/s1. The summed E-state index contributed by atoms with van der Waals surface area (Å²) in [5.41, 5.74) is 3.33. The van der Waals surface area contributed by atoms with E-state index in [2.05, 4.69) is 46.7 Å². The first-order valence-corrected chi connectivity index (χ1v) is 9.21. The number of morpholine rings is 1. The lowest BCUT2D eigenvalue weighted by Crippen LogP contribution is -2.36. The van der Waals surface area contributed by atoms with Crippen LogP contribution in [0.1, 0.15) is 18.5 Å². The number of hydrogen-bond acceptors (Lipinski definition) is 4. The highest BCUT2D eigenvalue weighted by Crippen LogP contribution is 2.21. The van der Waals surface area contributed by atoms with Gasteiger partial charge in [-0.3, -0.25) is 0 Å². The minimum atomic E-state index is 0.111. The van der Waals surface area contributed by atoms with Gasteiger partial charge in [-0.1, -0.05) is 18.2 Å². The number of rotatable bonds is 5. The highest BCUT2D eigenvalue weighted by atomic mass is 32.1. The Morgan fingerprint density at radius 2 is 1.88 bits per heavy atom. The summed E-state index contributed by atoms with van der Waals surface area (Å²) in [6.45, 7) is 5.58. The van der Waals surface area contributed by atoms with E-state index in [-0.39, 0.29) is 6.04 Å². The molecule has 0 aliphatic carbocycles.